The highest BCUT2D eigenvalue weighted by atomic mass is 16.5. The molecule has 1 aliphatic heterocycles. The molecule has 1 aliphatic carbocycles. The average Bonchev–Trinajstić information content (AvgIpc) is 2.85. The van der Waals surface area contributed by atoms with Gasteiger partial charge in [-0.15, -0.1) is 0 Å². The molecule has 0 bridgehead atoms. The minimum atomic E-state index is 0.435. The third-order valence-electron chi connectivity index (χ3n) is 2.80. The molecule has 13 heavy (non-hydrogen) atoms. The van der Waals surface area contributed by atoms with E-state index in [0.717, 1.165) is 32.3 Å². The highest BCUT2D eigenvalue weighted by Crippen LogP contribution is 2.28. The summed E-state index contributed by atoms with van der Waals surface area (Å²) in [5, 5.41) is 0. The quantitative estimate of drug-likeness (QED) is 0.632. The van der Waals surface area contributed by atoms with Gasteiger partial charge < -0.3 is 9.64 Å². The zero-order valence-electron chi connectivity index (χ0n) is 8.70. The van der Waals surface area contributed by atoms with Crippen molar-refractivity contribution in [3.05, 3.63) is 0 Å². The van der Waals surface area contributed by atoms with Crippen LogP contribution in [0.3, 0.4) is 0 Å². The van der Waals surface area contributed by atoms with Crippen molar-refractivity contribution in [3.8, 4) is 0 Å². The van der Waals surface area contributed by atoms with Crippen LogP contribution in [0.4, 0.5) is 0 Å². The van der Waals surface area contributed by atoms with Crippen LogP contribution in [-0.2, 0) is 4.74 Å². The molecule has 2 rings (SSSR count). The molecular formula is C10H20N2O. The van der Waals surface area contributed by atoms with Gasteiger partial charge in [-0.25, -0.2) is 0 Å². The van der Waals surface area contributed by atoms with Gasteiger partial charge >= 0.3 is 0 Å². The fourth-order valence-electron chi connectivity index (χ4n) is 2.03. The summed E-state index contributed by atoms with van der Waals surface area (Å²) < 4.78 is 5.71. The van der Waals surface area contributed by atoms with Gasteiger partial charge in [0, 0.05) is 25.7 Å². The molecule has 0 aromatic rings. The number of hydrogen-bond acceptors (Lipinski definition) is 3. The summed E-state index contributed by atoms with van der Waals surface area (Å²) in [4.78, 5) is 4.80. The Labute approximate surface area is 80.6 Å². The second-order valence-electron chi connectivity index (χ2n) is 4.48. The fourth-order valence-corrected chi connectivity index (χ4v) is 2.03. The maximum atomic E-state index is 5.71. The molecule has 1 saturated heterocycles. The molecule has 3 heteroatoms. The van der Waals surface area contributed by atoms with Crippen LogP contribution in [0.5, 0.6) is 0 Å². The zero-order chi connectivity index (χ0) is 9.26. The van der Waals surface area contributed by atoms with Crippen molar-refractivity contribution >= 4 is 0 Å². The molecule has 2 aliphatic rings. The van der Waals surface area contributed by atoms with Crippen molar-refractivity contribution in [2.24, 2.45) is 0 Å². The molecule has 0 aromatic carbocycles. The SMILES string of the molecule is CN(C)CC1CN(C2CC2)CCO1. The first kappa shape index (κ1) is 9.44. The molecule has 0 amide bonds. The van der Waals surface area contributed by atoms with E-state index in [0.29, 0.717) is 6.10 Å². The Morgan fingerprint density at radius 1 is 1.38 bits per heavy atom. The average molecular weight is 184 g/mol. The van der Waals surface area contributed by atoms with E-state index in [2.05, 4.69) is 23.9 Å². The van der Waals surface area contributed by atoms with Crippen LogP contribution in [0.1, 0.15) is 12.8 Å². The Morgan fingerprint density at radius 2 is 2.15 bits per heavy atom. The topological polar surface area (TPSA) is 15.7 Å². The molecule has 1 atom stereocenters. The summed E-state index contributed by atoms with van der Waals surface area (Å²) in [7, 11) is 4.22. The van der Waals surface area contributed by atoms with Crippen molar-refractivity contribution in [3.63, 3.8) is 0 Å². The van der Waals surface area contributed by atoms with E-state index < -0.39 is 0 Å². The lowest BCUT2D eigenvalue weighted by Crippen LogP contribution is -2.47. The van der Waals surface area contributed by atoms with E-state index in [4.69, 9.17) is 4.74 Å². The normalized spacial score (nSPS) is 31.2. The van der Waals surface area contributed by atoms with Crippen molar-refractivity contribution in [2.45, 2.75) is 25.0 Å². The van der Waals surface area contributed by atoms with Gasteiger partial charge in [-0.1, -0.05) is 0 Å². The minimum Gasteiger partial charge on any atom is -0.374 e. The van der Waals surface area contributed by atoms with Gasteiger partial charge in [-0.3, -0.25) is 4.90 Å². The molecular weight excluding hydrogens is 164 g/mol. The molecule has 0 aromatic heterocycles. The first-order valence-electron chi connectivity index (χ1n) is 5.26. The molecule has 1 unspecified atom stereocenters. The van der Waals surface area contributed by atoms with Gasteiger partial charge in [0.15, 0.2) is 0 Å². The lowest BCUT2D eigenvalue weighted by Gasteiger charge is -2.34. The molecule has 1 saturated carbocycles. The highest BCUT2D eigenvalue weighted by molar-refractivity contribution is 4.87. The molecule has 0 N–H and O–H groups in total. The van der Waals surface area contributed by atoms with Crippen molar-refractivity contribution in [1.82, 2.24) is 9.80 Å². The summed E-state index contributed by atoms with van der Waals surface area (Å²) in [6.45, 7) is 4.27. The largest absolute Gasteiger partial charge is 0.374 e. The van der Waals surface area contributed by atoms with Gasteiger partial charge in [0.25, 0.3) is 0 Å². The van der Waals surface area contributed by atoms with E-state index in [-0.39, 0.29) is 0 Å². The smallest absolute Gasteiger partial charge is 0.0829 e. The van der Waals surface area contributed by atoms with Crippen LogP contribution in [-0.4, -0.2) is 62.3 Å². The van der Waals surface area contributed by atoms with Crippen LogP contribution in [0.2, 0.25) is 0 Å². The minimum absolute atomic E-state index is 0.435. The van der Waals surface area contributed by atoms with E-state index >= 15 is 0 Å². The number of rotatable bonds is 3. The summed E-state index contributed by atoms with van der Waals surface area (Å²) >= 11 is 0. The number of nitrogens with zero attached hydrogens (tertiary/aromatic N) is 2. The molecule has 2 fully saturated rings. The summed E-state index contributed by atoms with van der Waals surface area (Å²) in [5.41, 5.74) is 0. The second-order valence-corrected chi connectivity index (χ2v) is 4.48. The van der Waals surface area contributed by atoms with Gasteiger partial charge in [0.1, 0.15) is 0 Å². The number of morpholine rings is 1. The van der Waals surface area contributed by atoms with E-state index in [9.17, 15) is 0 Å². The third kappa shape index (κ3) is 2.66. The van der Waals surface area contributed by atoms with Crippen LogP contribution in [0, 0.1) is 0 Å². The van der Waals surface area contributed by atoms with Crippen LogP contribution < -0.4 is 0 Å². The Hall–Kier alpha value is -0.120. The first-order valence-corrected chi connectivity index (χ1v) is 5.26. The van der Waals surface area contributed by atoms with Crippen molar-refractivity contribution < 1.29 is 4.74 Å². The first-order chi connectivity index (χ1) is 6.25. The lowest BCUT2D eigenvalue weighted by atomic mass is 10.2. The molecule has 0 spiro atoms. The number of ether oxygens (including phenoxy) is 1. The van der Waals surface area contributed by atoms with Gasteiger partial charge in [0.05, 0.1) is 12.7 Å². The van der Waals surface area contributed by atoms with Gasteiger partial charge in [-0.05, 0) is 26.9 Å². The summed E-state index contributed by atoms with van der Waals surface area (Å²) in [6.07, 6.45) is 3.26. The van der Waals surface area contributed by atoms with Crippen LogP contribution >= 0.6 is 0 Å². The standard InChI is InChI=1S/C10H20N2O/c1-11(2)7-10-8-12(5-6-13-10)9-3-4-9/h9-10H,3-8H2,1-2H3. The Bertz CT molecular complexity index is 168. The maximum Gasteiger partial charge on any atom is 0.0829 e. The summed E-state index contributed by atoms with van der Waals surface area (Å²) in [6, 6.07) is 0.897. The third-order valence-corrected chi connectivity index (χ3v) is 2.80. The van der Waals surface area contributed by atoms with Gasteiger partial charge in [0.2, 0.25) is 0 Å². The monoisotopic (exact) mass is 184 g/mol. The fraction of sp³-hybridized carbons (Fsp3) is 1.00. The second kappa shape index (κ2) is 3.95. The Morgan fingerprint density at radius 3 is 2.77 bits per heavy atom. The van der Waals surface area contributed by atoms with E-state index in [1.807, 2.05) is 0 Å². The predicted octanol–water partition coefficient (Wildman–Crippen LogP) is 0.411. The molecule has 0 radical (unpaired) electrons. The van der Waals surface area contributed by atoms with Gasteiger partial charge in [-0.2, -0.15) is 0 Å². The van der Waals surface area contributed by atoms with Crippen molar-refractivity contribution in [2.75, 3.05) is 40.3 Å². The highest BCUT2D eigenvalue weighted by Gasteiger charge is 2.32. The van der Waals surface area contributed by atoms with E-state index in [1.54, 1.807) is 0 Å². The maximum absolute atomic E-state index is 5.71. The molecule has 76 valence electrons. The molecule has 3 nitrogen and oxygen atoms in total. The summed E-state index contributed by atoms with van der Waals surface area (Å²) in [5.74, 6) is 0. The molecule has 1 heterocycles. The Balaban J connectivity index is 1.77. The Kier molecular flexibility index (Phi) is 2.86. The number of likely N-dealkylation sites (N-methyl/N-ethyl adjacent to an activating group) is 1. The van der Waals surface area contributed by atoms with Crippen LogP contribution in [0.15, 0.2) is 0 Å². The van der Waals surface area contributed by atoms with Crippen LogP contribution in [0.25, 0.3) is 0 Å². The number of hydrogen-bond donors (Lipinski definition) is 0. The predicted molar refractivity (Wildman–Crippen MR) is 52.9 cm³/mol. The van der Waals surface area contributed by atoms with E-state index in [1.165, 1.54) is 12.8 Å². The lowest BCUT2D eigenvalue weighted by molar-refractivity contribution is -0.0407. The zero-order valence-corrected chi connectivity index (χ0v) is 8.70. The van der Waals surface area contributed by atoms with Crippen molar-refractivity contribution in [1.29, 1.82) is 0 Å².